The molecule has 0 aliphatic carbocycles. The van der Waals surface area contributed by atoms with Crippen LogP contribution < -0.4 is 5.32 Å². The number of rotatable bonds is 2. The number of hydrogen-bond donors (Lipinski definition) is 1. The molecule has 2 unspecified atom stereocenters. The summed E-state index contributed by atoms with van der Waals surface area (Å²) in [6.45, 7) is 11.2. The van der Waals surface area contributed by atoms with Gasteiger partial charge < -0.3 is 5.32 Å². The Labute approximate surface area is 127 Å². The number of amidine groups is 1. The van der Waals surface area contributed by atoms with E-state index >= 15 is 0 Å². The first-order chi connectivity index (χ1) is 9.36. The van der Waals surface area contributed by atoms with E-state index in [-0.39, 0.29) is 5.41 Å². The average Bonchev–Trinajstić information content (AvgIpc) is 2.38. The van der Waals surface area contributed by atoms with Crippen molar-refractivity contribution >= 4 is 16.9 Å². The van der Waals surface area contributed by atoms with Gasteiger partial charge in [-0.1, -0.05) is 62.4 Å². The number of nitrogens with zero attached hydrogens (tertiary/aromatic N) is 1. The first-order valence-corrected chi connectivity index (χ1v) is 8.38. The lowest BCUT2D eigenvalue weighted by molar-refractivity contribution is 0.315. The van der Waals surface area contributed by atoms with Gasteiger partial charge in [-0.25, -0.2) is 0 Å². The highest BCUT2D eigenvalue weighted by molar-refractivity contribution is 8.13. The Hall–Kier alpha value is -0.960. The molecule has 1 aromatic carbocycles. The molecule has 0 saturated carbocycles. The first kappa shape index (κ1) is 15.4. The van der Waals surface area contributed by atoms with Gasteiger partial charge in [0, 0.05) is 5.75 Å². The number of aliphatic imine (C=N–C) groups is 1. The molecule has 2 nitrogen and oxygen atoms in total. The van der Waals surface area contributed by atoms with Gasteiger partial charge in [0.2, 0.25) is 0 Å². The molecular weight excluding hydrogens is 264 g/mol. The van der Waals surface area contributed by atoms with Crippen LogP contribution in [0.1, 0.15) is 51.3 Å². The van der Waals surface area contributed by atoms with Gasteiger partial charge in [0.1, 0.15) is 0 Å². The molecule has 0 radical (unpaired) electrons. The van der Waals surface area contributed by atoms with Crippen molar-refractivity contribution in [3.63, 3.8) is 0 Å². The van der Waals surface area contributed by atoms with Crippen molar-refractivity contribution in [2.24, 2.45) is 10.4 Å². The summed E-state index contributed by atoms with van der Waals surface area (Å²) >= 11 is 1.85. The van der Waals surface area contributed by atoms with Crippen LogP contribution in [0.2, 0.25) is 0 Å². The highest BCUT2D eigenvalue weighted by atomic mass is 32.2. The summed E-state index contributed by atoms with van der Waals surface area (Å²) in [6.07, 6.45) is 1.18. The Bertz CT molecular complexity index is 471. The Balaban J connectivity index is 2.05. The predicted octanol–water partition coefficient (Wildman–Crippen LogP) is 4.55. The van der Waals surface area contributed by atoms with E-state index in [0.717, 1.165) is 10.9 Å². The van der Waals surface area contributed by atoms with Crippen LogP contribution in [0.15, 0.2) is 29.3 Å². The SMILES string of the molecule is Cc1ccc(C(C)NC2=NC(C(C)(C)C)CCS2)cc1. The van der Waals surface area contributed by atoms with Gasteiger partial charge >= 0.3 is 0 Å². The van der Waals surface area contributed by atoms with E-state index in [2.05, 4.69) is 64.2 Å². The molecule has 2 atom stereocenters. The van der Waals surface area contributed by atoms with Crippen LogP contribution in [0.25, 0.3) is 0 Å². The second-order valence-corrected chi connectivity index (χ2v) is 7.81. The average molecular weight is 290 g/mol. The summed E-state index contributed by atoms with van der Waals surface area (Å²) in [5.41, 5.74) is 2.87. The molecule has 0 bridgehead atoms. The molecule has 0 spiro atoms. The molecular formula is C17H26N2S. The summed E-state index contributed by atoms with van der Waals surface area (Å²) < 4.78 is 0. The van der Waals surface area contributed by atoms with Gasteiger partial charge in [-0.15, -0.1) is 0 Å². The van der Waals surface area contributed by atoms with E-state index in [0.29, 0.717) is 12.1 Å². The molecule has 0 amide bonds. The van der Waals surface area contributed by atoms with Crippen molar-refractivity contribution in [3.8, 4) is 0 Å². The van der Waals surface area contributed by atoms with E-state index in [1.165, 1.54) is 17.5 Å². The number of thioether (sulfide) groups is 1. The molecule has 1 aliphatic rings. The largest absolute Gasteiger partial charge is 0.358 e. The first-order valence-electron chi connectivity index (χ1n) is 7.40. The van der Waals surface area contributed by atoms with Crippen molar-refractivity contribution in [1.29, 1.82) is 0 Å². The Morgan fingerprint density at radius 2 is 1.90 bits per heavy atom. The second-order valence-electron chi connectivity index (χ2n) is 6.73. The Morgan fingerprint density at radius 3 is 2.50 bits per heavy atom. The minimum Gasteiger partial charge on any atom is -0.358 e. The zero-order valence-corrected chi connectivity index (χ0v) is 14.1. The minimum absolute atomic E-state index is 0.251. The molecule has 3 heteroatoms. The van der Waals surface area contributed by atoms with Crippen LogP contribution in [0, 0.1) is 12.3 Å². The van der Waals surface area contributed by atoms with Crippen LogP contribution in [0.3, 0.4) is 0 Å². The lowest BCUT2D eigenvalue weighted by atomic mass is 9.85. The van der Waals surface area contributed by atoms with E-state index in [4.69, 9.17) is 4.99 Å². The molecule has 0 aromatic heterocycles. The summed E-state index contributed by atoms with van der Waals surface area (Å²) in [7, 11) is 0. The van der Waals surface area contributed by atoms with Crippen molar-refractivity contribution < 1.29 is 0 Å². The normalized spacial score (nSPS) is 21.2. The van der Waals surface area contributed by atoms with Gasteiger partial charge in [0.15, 0.2) is 5.17 Å². The molecule has 1 heterocycles. The van der Waals surface area contributed by atoms with Crippen LogP contribution in [-0.4, -0.2) is 17.0 Å². The van der Waals surface area contributed by atoms with Gasteiger partial charge in [-0.3, -0.25) is 4.99 Å². The fourth-order valence-corrected chi connectivity index (χ4v) is 3.34. The van der Waals surface area contributed by atoms with E-state index in [1.54, 1.807) is 0 Å². The maximum atomic E-state index is 4.90. The van der Waals surface area contributed by atoms with Gasteiger partial charge in [0.25, 0.3) is 0 Å². The fraction of sp³-hybridized carbons (Fsp3) is 0.588. The van der Waals surface area contributed by atoms with Gasteiger partial charge in [-0.05, 0) is 31.2 Å². The highest BCUT2D eigenvalue weighted by Gasteiger charge is 2.27. The molecule has 1 aliphatic heterocycles. The summed E-state index contributed by atoms with van der Waals surface area (Å²) in [6, 6.07) is 9.46. The highest BCUT2D eigenvalue weighted by Crippen LogP contribution is 2.30. The monoisotopic (exact) mass is 290 g/mol. The molecule has 2 rings (SSSR count). The maximum Gasteiger partial charge on any atom is 0.157 e. The van der Waals surface area contributed by atoms with Crippen molar-refractivity contribution in [3.05, 3.63) is 35.4 Å². The van der Waals surface area contributed by atoms with Gasteiger partial charge in [-0.2, -0.15) is 0 Å². The topological polar surface area (TPSA) is 24.4 Å². The predicted molar refractivity (Wildman–Crippen MR) is 90.5 cm³/mol. The van der Waals surface area contributed by atoms with Crippen LogP contribution in [0.4, 0.5) is 0 Å². The zero-order chi connectivity index (χ0) is 14.8. The lowest BCUT2D eigenvalue weighted by Gasteiger charge is -2.31. The number of hydrogen-bond acceptors (Lipinski definition) is 3. The van der Waals surface area contributed by atoms with Crippen LogP contribution in [-0.2, 0) is 0 Å². The molecule has 0 saturated heterocycles. The van der Waals surface area contributed by atoms with Crippen LogP contribution in [0.5, 0.6) is 0 Å². The third-order valence-corrected chi connectivity index (χ3v) is 4.76. The summed E-state index contributed by atoms with van der Waals surface area (Å²) in [4.78, 5) is 4.90. The minimum atomic E-state index is 0.251. The van der Waals surface area contributed by atoms with Gasteiger partial charge in [0.05, 0.1) is 12.1 Å². The smallest absolute Gasteiger partial charge is 0.157 e. The third kappa shape index (κ3) is 4.02. The number of benzene rings is 1. The molecule has 0 fully saturated rings. The van der Waals surface area contributed by atoms with Crippen molar-refractivity contribution in [2.45, 2.75) is 53.1 Å². The fourth-order valence-electron chi connectivity index (χ4n) is 2.34. The second kappa shape index (κ2) is 6.21. The van der Waals surface area contributed by atoms with E-state index < -0.39 is 0 Å². The number of nitrogens with one attached hydrogen (secondary N) is 1. The van der Waals surface area contributed by atoms with E-state index in [9.17, 15) is 0 Å². The van der Waals surface area contributed by atoms with Crippen molar-refractivity contribution in [1.82, 2.24) is 5.32 Å². The van der Waals surface area contributed by atoms with Crippen LogP contribution >= 0.6 is 11.8 Å². The molecule has 1 aromatic rings. The summed E-state index contributed by atoms with van der Waals surface area (Å²) in [5.74, 6) is 1.16. The zero-order valence-electron chi connectivity index (χ0n) is 13.2. The van der Waals surface area contributed by atoms with Crippen molar-refractivity contribution in [2.75, 3.05) is 5.75 Å². The lowest BCUT2D eigenvalue weighted by Crippen LogP contribution is -2.34. The standard InChI is InChI=1S/C17H26N2S/c1-12-6-8-14(9-7-12)13(2)18-16-19-15(10-11-20-16)17(3,4)5/h6-9,13,15H,10-11H2,1-5H3,(H,18,19). The Kier molecular flexibility index (Phi) is 4.79. The third-order valence-electron chi connectivity index (χ3n) is 3.82. The quantitative estimate of drug-likeness (QED) is 0.864. The summed E-state index contributed by atoms with van der Waals surface area (Å²) in [5, 5.41) is 4.67. The number of aryl methyl sites for hydroxylation is 1. The maximum absolute atomic E-state index is 4.90. The molecule has 20 heavy (non-hydrogen) atoms. The Morgan fingerprint density at radius 1 is 1.25 bits per heavy atom. The molecule has 110 valence electrons. The molecule has 1 N–H and O–H groups in total. The van der Waals surface area contributed by atoms with E-state index in [1.807, 2.05) is 11.8 Å².